The number of aliphatic carboxylic acids is 1. The van der Waals surface area contributed by atoms with Crippen LogP contribution in [-0.4, -0.2) is 34.0 Å². The van der Waals surface area contributed by atoms with E-state index in [1.807, 2.05) is 20.8 Å². The minimum Gasteiger partial charge on any atom is -0.479 e. The van der Waals surface area contributed by atoms with Crippen molar-refractivity contribution in [1.29, 1.82) is 0 Å². The third kappa shape index (κ3) is 3.15. The van der Waals surface area contributed by atoms with Gasteiger partial charge in [-0.3, -0.25) is 4.79 Å². The topological polar surface area (TPSA) is 66.4 Å². The Morgan fingerprint density at radius 1 is 1.47 bits per heavy atom. The van der Waals surface area contributed by atoms with E-state index in [4.69, 9.17) is 0 Å². The summed E-state index contributed by atoms with van der Waals surface area (Å²) in [5.41, 5.74) is -1.04. The third-order valence-corrected chi connectivity index (χ3v) is 4.89. The molecule has 3 atom stereocenters. The first-order valence-corrected chi connectivity index (χ1v) is 7.21. The van der Waals surface area contributed by atoms with E-state index in [1.54, 1.807) is 11.8 Å². The normalized spacial score (nSPS) is 27.5. The molecule has 17 heavy (non-hydrogen) atoms. The molecule has 1 aliphatic heterocycles. The maximum atomic E-state index is 12.0. The fraction of sp³-hybridized carbons (Fsp3) is 0.833. The van der Waals surface area contributed by atoms with E-state index >= 15 is 0 Å². The first-order valence-electron chi connectivity index (χ1n) is 6.06. The van der Waals surface area contributed by atoms with Crippen LogP contribution < -0.4 is 5.32 Å². The first kappa shape index (κ1) is 14.4. The number of amides is 1. The summed E-state index contributed by atoms with van der Waals surface area (Å²) in [4.78, 5) is 23.3. The Bertz CT molecular complexity index is 300. The van der Waals surface area contributed by atoms with Crippen molar-refractivity contribution < 1.29 is 14.7 Å². The number of carbonyl (C=O) groups excluding carboxylic acids is 1. The average Bonchev–Trinajstić information content (AvgIpc) is 2.76. The molecular formula is C12H21NO3S. The van der Waals surface area contributed by atoms with Crippen LogP contribution in [0.4, 0.5) is 0 Å². The molecule has 1 rings (SSSR count). The monoisotopic (exact) mass is 259 g/mol. The lowest BCUT2D eigenvalue weighted by Gasteiger charge is -2.28. The van der Waals surface area contributed by atoms with E-state index in [2.05, 4.69) is 5.32 Å². The highest BCUT2D eigenvalue weighted by atomic mass is 32.2. The second kappa shape index (κ2) is 5.76. The van der Waals surface area contributed by atoms with E-state index in [0.717, 1.165) is 12.2 Å². The SMILES string of the molecule is CCC(C)C(C)C(=O)NC1(C(=O)O)CCSC1. The molecule has 0 aromatic rings. The molecule has 1 amide bonds. The second-order valence-corrected chi connectivity index (χ2v) is 5.96. The van der Waals surface area contributed by atoms with E-state index in [9.17, 15) is 14.7 Å². The predicted molar refractivity (Wildman–Crippen MR) is 69.1 cm³/mol. The molecule has 1 fully saturated rings. The van der Waals surface area contributed by atoms with Gasteiger partial charge in [0.05, 0.1) is 0 Å². The van der Waals surface area contributed by atoms with Crippen molar-refractivity contribution in [2.75, 3.05) is 11.5 Å². The quantitative estimate of drug-likeness (QED) is 0.789. The molecular weight excluding hydrogens is 238 g/mol. The summed E-state index contributed by atoms with van der Waals surface area (Å²) in [5.74, 6) is 0.360. The zero-order valence-electron chi connectivity index (χ0n) is 10.7. The van der Waals surface area contributed by atoms with Gasteiger partial charge in [-0.1, -0.05) is 27.2 Å². The van der Waals surface area contributed by atoms with Gasteiger partial charge in [0.1, 0.15) is 5.54 Å². The summed E-state index contributed by atoms with van der Waals surface area (Å²) in [6, 6.07) is 0. The Kier molecular flexibility index (Phi) is 4.86. The van der Waals surface area contributed by atoms with Crippen LogP contribution in [0, 0.1) is 11.8 Å². The maximum Gasteiger partial charge on any atom is 0.330 e. The molecule has 0 aromatic heterocycles. The van der Waals surface area contributed by atoms with Crippen molar-refractivity contribution >= 4 is 23.6 Å². The molecule has 0 spiro atoms. The summed E-state index contributed by atoms with van der Waals surface area (Å²) < 4.78 is 0. The molecule has 4 nitrogen and oxygen atoms in total. The van der Waals surface area contributed by atoms with Crippen LogP contribution in [0.2, 0.25) is 0 Å². The van der Waals surface area contributed by atoms with Crippen LogP contribution in [0.15, 0.2) is 0 Å². The number of rotatable bonds is 5. The van der Waals surface area contributed by atoms with Crippen LogP contribution in [0.5, 0.6) is 0 Å². The fourth-order valence-corrected chi connectivity index (χ4v) is 3.17. The van der Waals surface area contributed by atoms with Crippen LogP contribution >= 0.6 is 11.8 Å². The number of carboxylic acids is 1. The van der Waals surface area contributed by atoms with Crippen LogP contribution in [-0.2, 0) is 9.59 Å². The van der Waals surface area contributed by atoms with Crippen LogP contribution in [0.3, 0.4) is 0 Å². The van der Waals surface area contributed by atoms with Gasteiger partial charge >= 0.3 is 5.97 Å². The third-order valence-electron chi connectivity index (χ3n) is 3.70. The van der Waals surface area contributed by atoms with Crippen molar-refractivity contribution in [2.24, 2.45) is 11.8 Å². The number of nitrogens with one attached hydrogen (secondary N) is 1. The number of carbonyl (C=O) groups is 2. The Morgan fingerprint density at radius 3 is 2.53 bits per heavy atom. The number of hydrogen-bond donors (Lipinski definition) is 2. The Labute approximate surface area is 107 Å². The smallest absolute Gasteiger partial charge is 0.330 e. The summed E-state index contributed by atoms with van der Waals surface area (Å²) in [6.07, 6.45) is 1.44. The molecule has 0 saturated carbocycles. The molecule has 0 radical (unpaired) electrons. The lowest BCUT2D eigenvalue weighted by atomic mass is 9.90. The van der Waals surface area contributed by atoms with E-state index in [0.29, 0.717) is 12.2 Å². The number of hydrogen-bond acceptors (Lipinski definition) is 3. The Morgan fingerprint density at radius 2 is 2.12 bits per heavy atom. The summed E-state index contributed by atoms with van der Waals surface area (Å²) in [7, 11) is 0. The molecule has 1 heterocycles. The van der Waals surface area contributed by atoms with Gasteiger partial charge in [0.25, 0.3) is 0 Å². The minimum atomic E-state index is -1.04. The maximum absolute atomic E-state index is 12.0. The molecule has 0 aliphatic carbocycles. The molecule has 98 valence electrons. The predicted octanol–water partition coefficient (Wildman–Crippen LogP) is 1.75. The zero-order valence-corrected chi connectivity index (χ0v) is 11.5. The van der Waals surface area contributed by atoms with Crippen molar-refractivity contribution in [3.05, 3.63) is 0 Å². The largest absolute Gasteiger partial charge is 0.479 e. The van der Waals surface area contributed by atoms with Gasteiger partial charge in [0, 0.05) is 11.7 Å². The number of thioether (sulfide) groups is 1. The van der Waals surface area contributed by atoms with Gasteiger partial charge in [0.2, 0.25) is 5.91 Å². The highest BCUT2D eigenvalue weighted by Crippen LogP contribution is 2.29. The fourth-order valence-electron chi connectivity index (χ4n) is 1.85. The minimum absolute atomic E-state index is 0.135. The molecule has 0 aromatic carbocycles. The molecule has 0 bridgehead atoms. The zero-order chi connectivity index (χ0) is 13.1. The summed E-state index contributed by atoms with van der Waals surface area (Å²) in [6.45, 7) is 5.91. The first-order chi connectivity index (χ1) is 7.93. The van der Waals surface area contributed by atoms with Crippen LogP contribution in [0.1, 0.15) is 33.6 Å². The average molecular weight is 259 g/mol. The molecule has 3 unspecified atom stereocenters. The van der Waals surface area contributed by atoms with E-state index < -0.39 is 11.5 Å². The molecule has 5 heteroatoms. The molecule has 1 aliphatic rings. The Balaban J connectivity index is 2.68. The van der Waals surface area contributed by atoms with Gasteiger partial charge in [-0.25, -0.2) is 4.79 Å². The van der Waals surface area contributed by atoms with Crippen molar-refractivity contribution in [3.63, 3.8) is 0 Å². The number of carboxylic acid groups (broad SMARTS) is 1. The molecule has 2 N–H and O–H groups in total. The van der Waals surface area contributed by atoms with Crippen molar-refractivity contribution in [2.45, 2.75) is 39.2 Å². The van der Waals surface area contributed by atoms with Crippen molar-refractivity contribution in [3.8, 4) is 0 Å². The standard InChI is InChI=1S/C12H21NO3S/c1-4-8(2)9(3)10(14)13-12(11(15)16)5-6-17-7-12/h8-9H,4-7H2,1-3H3,(H,13,14)(H,15,16). The van der Waals surface area contributed by atoms with Gasteiger partial charge in [0.15, 0.2) is 0 Å². The van der Waals surface area contributed by atoms with Gasteiger partial charge in [-0.05, 0) is 18.1 Å². The highest BCUT2D eigenvalue weighted by molar-refractivity contribution is 7.99. The van der Waals surface area contributed by atoms with Gasteiger partial charge in [-0.15, -0.1) is 0 Å². The Hall–Kier alpha value is -0.710. The van der Waals surface area contributed by atoms with E-state index in [-0.39, 0.29) is 17.7 Å². The van der Waals surface area contributed by atoms with Crippen molar-refractivity contribution in [1.82, 2.24) is 5.32 Å². The van der Waals surface area contributed by atoms with Gasteiger partial charge < -0.3 is 10.4 Å². The lowest BCUT2D eigenvalue weighted by Crippen LogP contribution is -2.56. The van der Waals surface area contributed by atoms with E-state index in [1.165, 1.54) is 0 Å². The summed E-state index contributed by atoms with van der Waals surface area (Å²) >= 11 is 1.58. The summed E-state index contributed by atoms with van der Waals surface area (Å²) in [5, 5.41) is 12.0. The lowest BCUT2D eigenvalue weighted by molar-refractivity contribution is -0.147. The highest BCUT2D eigenvalue weighted by Gasteiger charge is 2.44. The van der Waals surface area contributed by atoms with Crippen LogP contribution in [0.25, 0.3) is 0 Å². The molecule has 1 saturated heterocycles. The second-order valence-electron chi connectivity index (χ2n) is 4.85. The van der Waals surface area contributed by atoms with Gasteiger partial charge in [-0.2, -0.15) is 11.8 Å².